The van der Waals surface area contributed by atoms with Crippen LogP contribution in [0.15, 0.2) is 18.3 Å². The quantitative estimate of drug-likeness (QED) is 0.895. The van der Waals surface area contributed by atoms with E-state index in [4.69, 9.17) is 0 Å². The van der Waals surface area contributed by atoms with Crippen LogP contribution < -0.4 is 10.2 Å². The Morgan fingerprint density at radius 1 is 1.38 bits per heavy atom. The summed E-state index contributed by atoms with van der Waals surface area (Å²) in [5, 5.41) is 2.97. The lowest BCUT2D eigenvalue weighted by Gasteiger charge is -2.30. The fourth-order valence-electron chi connectivity index (χ4n) is 2.50. The van der Waals surface area contributed by atoms with Gasteiger partial charge in [-0.15, -0.1) is 0 Å². The molecule has 116 valence electrons. The number of hydrogen-bond acceptors (Lipinski definition) is 4. The largest absolute Gasteiger partial charge is 0.363 e. The Morgan fingerprint density at radius 3 is 2.67 bits per heavy atom. The van der Waals surface area contributed by atoms with E-state index in [9.17, 15) is 4.79 Å². The summed E-state index contributed by atoms with van der Waals surface area (Å²) in [4.78, 5) is 20.6. The Balaban J connectivity index is 1.74. The molecule has 0 atom stereocenters. The van der Waals surface area contributed by atoms with E-state index in [2.05, 4.69) is 22.1 Å². The maximum absolute atomic E-state index is 12.0. The molecule has 0 bridgehead atoms. The van der Waals surface area contributed by atoms with Crippen molar-refractivity contribution in [2.75, 3.05) is 45.2 Å². The third kappa shape index (κ3) is 4.70. The summed E-state index contributed by atoms with van der Waals surface area (Å²) < 4.78 is 0. The van der Waals surface area contributed by atoms with Gasteiger partial charge in [0, 0.05) is 33.4 Å². The number of rotatable bonds is 5. The lowest BCUT2D eigenvalue weighted by atomic mass is 9.99. The van der Waals surface area contributed by atoms with Crippen LogP contribution in [0.1, 0.15) is 30.1 Å². The summed E-state index contributed by atoms with van der Waals surface area (Å²) in [5.41, 5.74) is 0.618. The third-order valence-electron chi connectivity index (χ3n) is 4.06. The molecular weight excluding hydrogens is 264 g/mol. The lowest BCUT2D eigenvalue weighted by Crippen LogP contribution is -2.39. The van der Waals surface area contributed by atoms with Gasteiger partial charge in [-0.1, -0.05) is 6.92 Å². The monoisotopic (exact) mass is 290 g/mol. The number of nitrogens with one attached hydrogen (secondary N) is 1. The second-order valence-electron chi connectivity index (χ2n) is 6.08. The van der Waals surface area contributed by atoms with Crippen molar-refractivity contribution >= 4 is 11.7 Å². The molecule has 2 rings (SSSR count). The highest BCUT2D eigenvalue weighted by Gasteiger charge is 2.15. The minimum atomic E-state index is -0.0433. The van der Waals surface area contributed by atoms with E-state index >= 15 is 0 Å². The minimum absolute atomic E-state index is 0.0433. The van der Waals surface area contributed by atoms with Crippen molar-refractivity contribution in [3.8, 4) is 0 Å². The normalized spacial score (nSPS) is 16.7. The van der Waals surface area contributed by atoms with Gasteiger partial charge in [0.15, 0.2) is 0 Å². The zero-order valence-electron chi connectivity index (χ0n) is 13.3. The molecular formula is C16H26N4O. The summed E-state index contributed by atoms with van der Waals surface area (Å²) in [6.07, 6.45) is 4.17. The lowest BCUT2D eigenvalue weighted by molar-refractivity contribution is 0.0944. The maximum atomic E-state index is 12.0. The van der Waals surface area contributed by atoms with Crippen molar-refractivity contribution in [2.24, 2.45) is 5.92 Å². The number of aromatic nitrogens is 1. The van der Waals surface area contributed by atoms with Crippen molar-refractivity contribution in [3.05, 3.63) is 23.9 Å². The first-order valence-corrected chi connectivity index (χ1v) is 7.70. The predicted molar refractivity (Wildman–Crippen MR) is 85.7 cm³/mol. The second kappa shape index (κ2) is 7.41. The molecule has 1 aromatic heterocycles. The topological polar surface area (TPSA) is 48.5 Å². The van der Waals surface area contributed by atoms with Gasteiger partial charge in [0.05, 0.1) is 5.56 Å². The Kier molecular flexibility index (Phi) is 5.56. The molecule has 0 saturated carbocycles. The molecule has 5 heteroatoms. The Morgan fingerprint density at radius 2 is 2.10 bits per heavy atom. The van der Waals surface area contributed by atoms with Crippen molar-refractivity contribution in [1.82, 2.24) is 15.2 Å². The fraction of sp³-hybridized carbons (Fsp3) is 0.625. The van der Waals surface area contributed by atoms with Crippen molar-refractivity contribution < 1.29 is 4.79 Å². The van der Waals surface area contributed by atoms with Gasteiger partial charge in [-0.3, -0.25) is 4.79 Å². The molecule has 0 aromatic carbocycles. The standard InChI is InChI=1S/C16H26N4O/c1-13-6-9-20(10-7-13)11-8-17-16(21)14-4-5-15(18-12-14)19(2)3/h4-5,12-13H,6-11H2,1-3H3,(H,17,21). The number of likely N-dealkylation sites (tertiary alicyclic amines) is 1. The first-order valence-electron chi connectivity index (χ1n) is 7.70. The van der Waals surface area contributed by atoms with E-state index < -0.39 is 0 Å². The molecule has 5 nitrogen and oxygen atoms in total. The number of pyridine rings is 1. The van der Waals surface area contributed by atoms with Gasteiger partial charge in [-0.25, -0.2) is 4.98 Å². The van der Waals surface area contributed by atoms with Crippen molar-refractivity contribution in [1.29, 1.82) is 0 Å². The Hall–Kier alpha value is -1.62. The van der Waals surface area contributed by atoms with Gasteiger partial charge in [0.2, 0.25) is 0 Å². The highest BCUT2D eigenvalue weighted by atomic mass is 16.1. The molecule has 1 aromatic rings. The minimum Gasteiger partial charge on any atom is -0.363 e. The van der Waals surface area contributed by atoms with E-state index in [1.54, 1.807) is 6.20 Å². The van der Waals surface area contributed by atoms with Crippen LogP contribution in [0.2, 0.25) is 0 Å². The van der Waals surface area contributed by atoms with Crippen LogP contribution in [0, 0.1) is 5.92 Å². The number of nitrogens with zero attached hydrogens (tertiary/aromatic N) is 3. The van der Waals surface area contributed by atoms with Gasteiger partial charge in [-0.2, -0.15) is 0 Å². The number of carbonyl (C=O) groups is 1. The first-order chi connectivity index (χ1) is 10.1. The van der Waals surface area contributed by atoms with Crippen LogP contribution in [0.3, 0.4) is 0 Å². The van der Waals surface area contributed by atoms with Crippen LogP contribution in [0.5, 0.6) is 0 Å². The zero-order valence-corrected chi connectivity index (χ0v) is 13.3. The highest BCUT2D eigenvalue weighted by Crippen LogP contribution is 2.15. The molecule has 1 aliphatic heterocycles. The third-order valence-corrected chi connectivity index (χ3v) is 4.06. The van der Waals surface area contributed by atoms with Crippen LogP contribution in [-0.2, 0) is 0 Å². The van der Waals surface area contributed by atoms with Gasteiger partial charge in [0.1, 0.15) is 5.82 Å². The number of carbonyl (C=O) groups excluding carboxylic acids is 1. The van der Waals surface area contributed by atoms with E-state index in [1.165, 1.54) is 12.8 Å². The van der Waals surface area contributed by atoms with Crippen molar-refractivity contribution in [2.45, 2.75) is 19.8 Å². The Labute approximate surface area is 127 Å². The van der Waals surface area contributed by atoms with Gasteiger partial charge < -0.3 is 15.1 Å². The van der Waals surface area contributed by atoms with Gasteiger partial charge in [-0.05, 0) is 44.0 Å². The predicted octanol–water partition coefficient (Wildman–Crippen LogP) is 1.61. The number of anilines is 1. The number of hydrogen-bond donors (Lipinski definition) is 1. The molecule has 0 spiro atoms. The summed E-state index contributed by atoms with van der Waals surface area (Å²) >= 11 is 0. The highest BCUT2D eigenvalue weighted by molar-refractivity contribution is 5.94. The molecule has 0 radical (unpaired) electrons. The van der Waals surface area contributed by atoms with Crippen LogP contribution in [0.4, 0.5) is 5.82 Å². The molecule has 1 aliphatic rings. The van der Waals surface area contributed by atoms with Crippen LogP contribution in [-0.4, -0.2) is 56.1 Å². The average Bonchev–Trinajstić information content (AvgIpc) is 2.49. The van der Waals surface area contributed by atoms with Crippen LogP contribution in [0.25, 0.3) is 0 Å². The van der Waals surface area contributed by atoms with E-state index in [0.29, 0.717) is 12.1 Å². The SMILES string of the molecule is CC1CCN(CCNC(=O)c2ccc(N(C)C)nc2)CC1. The number of amides is 1. The van der Waals surface area contributed by atoms with E-state index in [-0.39, 0.29) is 5.91 Å². The molecule has 1 saturated heterocycles. The Bertz CT molecular complexity index is 450. The zero-order chi connectivity index (χ0) is 15.2. The maximum Gasteiger partial charge on any atom is 0.252 e. The average molecular weight is 290 g/mol. The summed E-state index contributed by atoms with van der Waals surface area (Å²) in [5.74, 6) is 1.66. The molecule has 0 aliphatic carbocycles. The van der Waals surface area contributed by atoms with Crippen molar-refractivity contribution in [3.63, 3.8) is 0 Å². The molecule has 1 fully saturated rings. The van der Waals surface area contributed by atoms with Crippen LogP contribution >= 0.6 is 0 Å². The molecule has 0 unspecified atom stereocenters. The number of piperidine rings is 1. The summed E-state index contributed by atoms with van der Waals surface area (Å²) in [6, 6.07) is 3.68. The van der Waals surface area contributed by atoms with Gasteiger partial charge in [0.25, 0.3) is 5.91 Å². The molecule has 1 amide bonds. The second-order valence-corrected chi connectivity index (χ2v) is 6.08. The first kappa shape index (κ1) is 15.8. The molecule has 2 heterocycles. The molecule has 21 heavy (non-hydrogen) atoms. The fourth-order valence-corrected chi connectivity index (χ4v) is 2.50. The smallest absolute Gasteiger partial charge is 0.252 e. The van der Waals surface area contributed by atoms with Gasteiger partial charge >= 0.3 is 0 Å². The summed E-state index contributed by atoms with van der Waals surface area (Å²) in [6.45, 7) is 6.24. The summed E-state index contributed by atoms with van der Waals surface area (Å²) in [7, 11) is 3.86. The molecule has 1 N–H and O–H groups in total. The van der Waals surface area contributed by atoms with E-state index in [1.807, 2.05) is 31.1 Å². The van der Waals surface area contributed by atoms with E-state index in [0.717, 1.165) is 31.4 Å².